The molecule has 0 N–H and O–H groups in total. The van der Waals surface area contributed by atoms with Gasteiger partial charge < -0.3 is 9.80 Å². The summed E-state index contributed by atoms with van der Waals surface area (Å²) in [5.41, 5.74) is 3.87. The van der Waals surface area contributed by atoms with Gasteiger partial charge in [0.05, 0.1) is 11.6 Å². The Labute approximate surface area is 162 Å². The third kappa shape index (κ3) is 4.49. The fraction of sp³-hybridized carbons (Fsp3) is 0.391. The Balaban J connectivity index is 1.66. The lowest BCUT2D eigenvalue weighted by atomic mass is 9.86. The maximum atomic E-state index is 12.9. The average molecular weight is 361 g/mol. The lowest BCUT2D eigenvalue weighted by Crippen LogP contribution is -2.35. The Hall–Kier alpha value is -2.80. The second-order valence-electron chi connectivity index (χ2n) is 8.12. The van der Waals surface area contributed by atoms with E-state index in [-0.39, 0.29) is 11.3 Å². The summed E-state index contributed by atoms with van der Waals surface area (Å²) < 4.78 is 0. The van der Waals surface area contributed by atoms with Crippen molar-refractivity contribution in [2.45, 2.75) is 32.6 Å². The quantitative estimate of drug-likeness (QED) is 0.805. The van der Waals surface area contributed by atoms with Crippen LogP contribution in [0, 0.1) is 11.3 Å². The Morgan fingerprint density at radius 3 is 2.19 bits per heavy atom. The van der Waals surface area contributed by atoms with Crippen molar-refractivity contribution in [1.29, 1.82) is 5.26 Å². The molecule has 0 radical (unpaired) electrons. The Bertz CT molecular complexity index is 826. The van der Waals surface area contributed by atoms with Gasteiger partial charge >= 0.3 is 0 Å². The van der Waals surface area contributed by atoms with Crippen LogP contribution in [0.5, 0.6) is 0 Å². The van der Waals surface area contributed by atoms with E-state index in [9.17, 15) is 4.79 Å². The molecule has 2 aromatic carbocycles. The molecule has 0 bridgehead atoms. The van der Waals surface area contributed by atoms with Crippen molar-refractivity contribution in [1.82, 2.24) is 4.90 Å². The fourth-order valence-corrected chi connectivity index (χ4v) is 3.42. The van der Waals surface area contributed by atoms with Crippen LogP contribution in [-0.4, -0.2) is 37.0 Å². The van der Waals surface area contributed by atoms with Crippen LogP contribution in [0.1, 0.15) is 48.7 Å². The number of amides is 1. The van der Waals surface area contributed by atoms with Crippen molar-refractivity contribution in [2.75, 3.05) is 31.1 Å². The molecule has 0 saturated carbocycles. The number of carbonyl (C=O) groups is 1. The predicted molar refractivity (Wildman–Crippen MR) is 109 cm³/mol. The summed E-state index contributed by atoms with van der Waals surface area (Å²) in [6, 6.07) is 17.8. The highest BCUT2D eigenvalue weighted by Crippen LogP contribution is 2.23. The number of nitriles is 1. The van der Waals surface area contributed by atoms with Gasteiger partial charge in [0.15, 0.2) is 0 Å². The van der Waals surface area contributed by atoms with E-state index in [0.717, 1.165) is 37.3 Å². The molecule has 0 aromatic heterocycles. The molecule has 1 amide bonds. The summed E-state index contributed by atoms with van der Waals surface area (Å²) in [4.78, 5) is 17.2. The number of nitrogens with zero attached hydrogens (tertiary/aromatic N) is 3. The van der Waals surface area contributed by atoms with E-state index in [4.69, 9.17) is 5.26 Å². The summed E-state index contributed by atoms with van der Waals surface area (Å²) in [5, 5.41) is 8.94. The van der Waals surface area contributed by atoms with E-state index in [0.29, 0.717) is 12.1 Å². The van der Waals surface area contributed by atoms with Gasteiger partial charge in [-0.25, -0.2) is 0 Å². The summed E-state index contributed by atoms with van der Waals surface area (Å²) in [6.45, 7) is 9.73. The maximum absolute atomic E-state index is 12.9. The number of carbonyl (C=O) groups excluding carboxylic acids is 1. The number of rotatable bonds is 2. The van der Waals surface area contributed by atoms with Gasteiger partial charge in [-0.15, -0.1) is 0 Å². The Kier molecular flexibility index (Phi) is 5.51. The standard InChI is InChI=1S/C23H27N3O/c1-23(2,3)20-9-7-19(8-10-20)22(27)26-14-4-13-25(15-16-26)21-11-5-18(17-24)6-12-21/h5-12H,4,13-16H2,1-3H3. The van der Waals surface area contributed by atoms with Crippen LogP contribution in [0.2, 0.25) is 0 Å². The van der Waals surface area contributed by atoms with E-state index in [2.05, 4.69) is 43.9 Å². The number of hydrogen-bond donors (Lipinski definition) is 0. The van der Waals surface area contributed by atoms with Gasteiger partial charge in [0.1, 0.15) is 0 Å². The van der Waals surface area contributed by atoms with Gasteiger partial charge in [-0.05, 0) is 53.8 Å². The minimum Gasteiger partial charge on any atom is -0.370 e. The monoisotopic (exact) mass is 361 g/mol. The summed E-state index contributed by atoms with van der Waals surface area (Å²) in [5.74, 6) is 0.108. The molecule has 1 aliphatic heterocycles. The fourth-order valence-electron chi connectivity index (χ4n) is 3.42. The van der Waals surface area contributed by atoms with Gasteiger partial charge in [0.25, 0.3) is 5.91 Å². The highest BCUT2D eigenvalue weighted by Gasteiger charge is 2.21. The van der Waals surface area contributed by atoms with Crippen LogP contribution in [0.25, 0.3) is 0 Å². The molecule has 0 spiro atoms. The first-order valence-corrected chi connectivity index (χ1v) is 9.53. The van der Waals surface area contributed by atoms with Crippen molar-refractivity contribution in [3.05, 3.63) is 65.2 Å². The van der Waals surface area contributed by atoms with Crippen molar-refractivity contribution in [3.8, 4) is 6.07 Å². The number of hydrogen-bond acceptors (Lipinski definition) is 3. The van der Waals surface area contributed by atoms with E-state index in [1.54, 1.807) is 0 Å². The highest BCUT2D eigenvalue weighted by molar-refractivity contribution is 5.94. The minimum atomic E-state index is 0.0891. The average Bonchev–Trinajstić information content (AvgIpc) is 2.93. The summed E-state index contributed by atoms with van der Waals surface area (Å²) >= 11 is 0. The van der Waals surface area contributed by atoms with Crippen molar-refractivity contribution < 1.29 is 4.79 Å². The molecule has 4 heteroatoms. The van der Waals surface area contributed by atoms with Gasteiger partial charge in [0, 0.05) is 37.4 Å². The lowest BCUT2D eigenvalue weighted by molar-refractivity contribution is 0.0767. The molecule has 0 atom stereocenters. The van der Waals surface area contributed by atoms with E-state index in [1.165, 1.54) is 5.56 Å². The second-order valence-corrected chi connectivity index (χ2v) is 8.12. The first kappa shape index (κ1) is 19.0. The Morgan fingerprint density at radius 2 is 1.59 bits per heavy atom. The zero-order valence-corrected chi connectivity index (χ0v) is 16.4. The molecule has 0 aliphatic carbocycles. The maximum Gasteiger partial charge on any atom is 0.253 e. The van der Waals surface area contributed by atoms with Crippen LogP contribution < -0.4 is 4.90 Å². The predicted octanol–water partition coefficient (Wildman–Crippen LogP) is 4.21. The highest BCUT2D eigenvalue weighted by atomic mass is 16.2. The van der Waals surface area contributed by atoms with Crippen LogP contribution in [0.3, 0.4) is 0 Å². The van der Waals surface area contributed by atoms with E-state index in [1.807, 2.05) is 41.3 Å². The zero-order valence-electron chi connectivity index (χ0n) is 16.4. The van der Waals surface area contributed by atoms with Crippen LogP contribution >= 0.6 is 0 Å². The smallest absolute Gasteiger partial charge is 0.253 e. The molecule has 27 heavy (non-hydrogen) atoms. The zero-order chi connectivity index (χ0) is 19.4. The minimum absolute atomic E-state index is 0.0891. The molecular formula is C23H27N3O. The van der Waals surface area contributed by atoms with Crippen molar-refractivity contribution in [2.24, 2.45) is 0 Å². The summed E-state index contributed by atoms with van der Waals surface area (Å²) in [7, 11) is 0. The molecule has 0 unspecified atom stereocenters. The number of benzene rings is 2. The molecule has 1 aliphatic rings. The molecule has 2 aromatic rings. The molecule has 4 nitrogen and oxygen atoms in total. The van der Waals surface area contributed by atoms with Crippen LogP contribution in [-0.2, 0) is 5.41 Å². The molecule has 1 saturated heterocycles. The third-order valence-corrected chi connectivity index (χ3v) is 5.14. The largest absolute Gasteiger partial charge is 0.370 e. The van der Waals surface area contributed by atoms with Gasteiger partial charge in [-0.1, -0.05) is 32.9 Å². The van der Waals surface area contributed by atoms with Crippen LogP contribution in [0.15, 0.2) is 48.5 Å². The van der Waals surface area contributed by atoms with E-state index < -0.39 is 0 Å². The molecule has 1 fully saturated rings. The lowest BCUT2D eigenvalue weighted by Gasteiger charge is -2.24. The van der Waals surface area contributed by atoms with Gasteiger partial charge in [-0.2, -0.15) is 5.26 Å². The third-order valence-electron chi connectivity index (χ3n) is 5.14. The second kappa shape index (κ2) is 7.84. The molecular weight excluding hydrogens is 334 g/mol. The van der Waals surface area contributed by atoms with Gasteiger partial charge in [0.2, 0.25) is 0 Å². The summed E-state index contributed by atoms with van der Waals surface area (Å²) in [6.07, 6.45) is 0.936. The van der Waals surface area contributed by atoms with Gasteiger partial charge in [-0.3, -0.25) is 4.79 Å². The topological polar surface area (TPSA) is 47.3 Å². The van der Waals surface area contributed by atoms with Crippen molar-refractivity contribution >= 4 is 11.6 Å². The number of anilines is 1. The molecule has 140 valence electrons. The van der Waals surface area contributed by atoms with Crippen LogP contribution in [0.4, 0.5) is 5.69 Å². The Morgan fingerprint density at radius 1 is 0.926 bits per heavy atom. The molecule has 1 heterocycles. The first-order valence-electron chi connectivity index (χ1n) is 9.53. The molecule has 3 rings (SSSR count). The normalized spacial score (nSPS) is 15.2. The van der Waals surface area contributed by atoms with Crippen molar-refractivity contribution in [3.63, 3.8) is 0 Å². The first-order chi connectivity index (χ1) is 12.9. The van der Waals surface area contributed by atoms with E-state index >= 15 is 0 Å². The SMILES string of the molecule is CC(C)(C)c1ccc(C(=O)N2CCCN(c3ccc(C#N)cc3)CC2)cc1.